The fourth-order valence-corrected chi connectivity index (χ4v) is 1.79. The van der Waals surface area contributed by atoms with E-state index in [4.69, 9.17) is 5.73 Å². The summed E-state index contributed by atoms with van der Waals surface area (Å²) in [5.41, 5.74) is 7.60. The number of hydrogen-bond acceptors (Lipinski definition) is 5. The van der Waals surface area contributed by atoms with Crippen LogP contribution >= 0.6 is 11.3 Å². The van der Waals surface area contributed by atoms with E-state index in [1.165, 1.54) is 17.6 Å². The number of carbonyl (C=O) groups excluding carboxylic acids is 1. The highest BCUT2D eigenvalue weighted by molar-refractivity contribution is 7.13. The highest BCUT2D eigenvalue weighted by Gasteiger charge is 2.15. The van der Waals surface area contributed by atoms with Gasteiger partial charge in [-0.25, -0.2) is 4.39 Å². The second-order valence-corrected chi connectivity index (χ2v) is 4.23. The highest BCUT2D eigenvalue weighted by Crippen LogP contribution is 2.19. The summed E-state index contributed by atoms with van der Waals surface area (Å²) in [7, 11) is 0. The molecule has 0 aliphatic carbocycles. The van der Waals surface area contributed by atoms with Crippen molar-refractivity contribution in [1.82, 2.24) is 10.2 Å². The number of aromatic nitrogens is 2. The third kappa shape index (κ3) is 2.39. The minimum absolute atomic E-state index is 0.0994. The molecule has 5 nitrogen and oxygen atoms in total. The Labute approximate surface area is 100 Å². The molecule has 1 heterocycles. The molecule has 0 saturated heterocycles. The van der Waals surface area contributed by atoms with E-state index in [2.05, 4.69) is 15.5 Å². The normalized spacial score (nSPS) is 10.2. The Hall–Kier alpha value is -2.02. The number of nitrogens with two attached hydrogens (primary N) is 1. The second kappa shape index (κ2) is 4.46. The summed E-state index contributed by atoms with van der Waals surface area (Å²) < 4.78 is 13.7. The van der Waals surface area contributed by atoms with Crippen LogP contribution in [0.2, 0.25) is 0 Å². The molecule has 0 aliphatic rings. The number of halogens is 1. The molecule has 0 aliphatic heterocycles. The number of benzene rings is 1. The van der Waals surface area contributed by atoms with Gasteiger partial charge in [-0.2, -0.15) is 0 Å². The summed E-state index contributed by atoms with van der Waals surface area (Å²) in [4.78, 5) is 11.8. The van der Waals surface area contributed by atoms with Gasteiger partial charge >= 0.3 is 0 Å². The highest BCUT2D eigenvalue weighted by atomic mass is 32.1. The van der Waals surface area contributed by atoms with E-state index in [1.807, 2.05) is 0 Å². The number of nitrogens with zero attached hydrogens (tertiary/aromatic N) is 2. The monoisotopic (exact) mass is 252 g/mol. The molecule has 0 fully saturated rings. The molecular weight excluding hydrogens is 243 g/mol. The quantitative estimate of drug-likeness (QED) is 0.799. The number of anilines is 2. The SMILES string of the molecule is Cc1cc(N)cc(C(=O)Nc2nncs2)c1F. The number of nitrogen functional groups attached to an aromatic ring is 1. The van der Waals surface area contributed by atoms with Crippen molar-refractivity contribution in [3.8, 4) is 0 Å². The minimum Gasteiger partial charge on any atom is -0.399 e. The molecule has 17 heavy (non-hydrogen) atoms. The van der Waals surface area contributed by atoms with Gasteiger partial charge in [0.25, 0.3) is 5.91 Å². The molecular formula is C10H9FN4OS. The number of rotatable bonds is 2. The number of aryl methyl sites for hydroxylation is 1. The molecule has 0 atom stereocenters. The smallest absolute Gasteiger partial charge is 0.260 e. The summed E-state index contributed by atoms with van der Waals surface area (Å²) in [5, 5.41) is 9.96. The van der Waals surface area contributed by atoms with Gasteiger partial charge in [-0.1, -0.05) is 11.3 Å². The minimum atomic E-state index is -0.588. The Morgan fingerprint density at radius 1 is 1.53 bits per heavy atom. The van der Waals surface area contributed by atoms with Crippen molar-refractivity contribution >= 4 is 28.1 Å². The van der Waals surface area contributed by atoms with Crippen LogP contribution in [0.15, 0.2) is 17.6 Å². The van der Waals surface area contributed by atoms with Crippen molar-refractivity contribution in [3.63, 3.8) is 0 Å². The maximum atomic E-state index is 13.7. The van der Waals surface area contributed by atoms with Crippen molar-refractivity contribution in [2.75, 3.05) is 11.1 Å². The third-order valence-electron chi connectivity index (χ3n) is 2.10. The van der Waals surface area contributed by atoms with Crippen LogP contribution < -0.4 is 11.1 Å². The number of nitrogens with one attached hydrogen (secondary N) is 1. The van der Waals surface area contributed by atoms with Crippen molar-refractivity contribution in [2.24, 2.45) is 0 Å². The summed E-state index contributed by atoms with van der Waals surface area (Å²) in [6.45, 7) is 1.55. The van der Waals surface area contributed by atoms with Crippen LogP contribution in [0.4, 0.5) is 15.2 Å². The van der Waals surface area contributed by atoms with Crippen molar-refractivity contribution in [3.05, 3.63) is 34.6 Å². The van der Waals surface area contributed by atoms with Crippen LogP contribution in [0.5, 0.6) is 0 Å². The van der Waals surface area contributed by atoms with E-state index in [9.17, 15) is 9.18 Å². The fourth-order valence-electron chi connectivity index (χ4n) is 1.35. The first-order chi connectivity index (χ1) is 8.08. The lowest BCUT2D eigenvalue weighted by molar-refractivity contribution is 0.102. The van der Waals surface area contributed by atoms with E-state index in [1.54, 1.807) is 6.92 Å². The van der Waals surface area contributed by atoms with E-state index in [0.29, 0.717) is 16.4 Å². The first-order valence-corrected chi connectivity index (χ1v) is 5.59. The van der Waals surface area contributed by atoms with Crippen LogP contribution in [0.3, 0.4) is 0 Å². The molecule has 1 aromatic carbocycles. The maximum Gasteiger partial charge on any atom is 0.260 e. The van der Waals surface area contributed by atoms with Crippen LogP contribution in [0.25, 0.3) is 0 Å². The second-order valence-electron chi connectivity index (χ2n) is 3.40. The fraction of sp³-hybridized carbons (Fsp3) is 0.100. The zero-order valence-electron chi connectivity index (χ0n) is 8.90. The lowest BCUT2D eigenvalue weighted by atomic mass is 10.1. The average Bonchev–Trinajstić information content (AvgIpc) is 2.76. The molecule has 88 valence electrons. The van der Waals surface area contributed by atoms with Gasteiger partial charge in [-0.15, -0.1) is 10.2 Å². The molecule has 1 amide bonds. The van der Waals surface area contributed by atoms with Crippen LogP contribution in [0.1, 0.15) is 15.9 Å². The average molecular weight is 252 g/mol. The molecule has 0 bridgehead atoms. The Morgan fingerprint density at radius 3 is 2.94 bits per heavy atom. The van der Waals surface area contributed by atoms with Crippen LogP contribution in [-0.2, 0) is 0 Å². The van der Waals surface area contributed by atoms with Gasteiger partial charge in [-0.05, 0) is 24.6 Å². The molecule has 7 heteroatoms. The first kappa shape index (κ1) is 11.5. The lowest BCUT2D eigenvalue weighted by Crippen LogP contribution is -2.14. The van der Waals surface area contributed by atoms with Gasteiger partial charge in [0.1, 0.15) is 11.3 Å². The summed E-state index contributed by atoms with van der Waals surface area (Å²) in [6, 6.07) is 2.76. The molecule has 0 saturated carbocycles. The predicted octanol–water partition coefficient (Wildman–Crippen LogP) is 1.82. The van der Waals surface area contributed by atoms with Gasteiger partial charge in [0.05, 0.1) is 5.56 Å². The van der Waals surface area contributed by atoms with Crippen molar-refractivity contribution in [1.29, 1.82) is 0 Å². The lowest BCUT2D eigenvalue weighted by Gasteiger charge is -2.06. The van der Waals surface area contributed by atoms with Crippen LogP contribution in [0, 0.1) is 12.7 Å². The molecule has 0 spiro atoms. The molecule has 3 N–H and O–H groups in total. The Balaban J connectivity index is 2.31. The van der Waals surface area contributed by atoms with Gasteiger partial charge in [0.15, 0.2) is 0 Å². The zero-order chi connectivity index (χ0) is 12.4. The molecule has 2 rings (SSSR count). The topological polar surface area (TPSA) is 80.9 Å². The van der Waals surface area contributed by atoms with Gasteiger partial charge in [0, 0.05) is 5.69 Å². The molecule has 2 aromatic rings. The zero-order valence-corrected chi connectivity index (χ0v) is 9.71. The number of hydrogen-bond donors (Lipinski definition) is 2. The summed E-state index contributed by atoms with van der Waals surface area (Å²) in [5.74, 6) is -1.17. The first-order valence-electron chi connectivity index (χ1n) is 4.71. The molecule has 0 unspecified atom stereocenters. The largest absolute Gasteiger partial charge is 0.399 e. The number of amides is 1. The van der Waals surface area contributed by atoms with Crippen molar-refractivity contribution < 1.29 is 9.18 Å². The predicted molar refractivity (Wildman–Crippen MR) is 63.4 cm³/mol. The van der Waals surface area contributed by atoms with E-state index < -0.39 is 11.7 Å². The Bertz CT molecular complexity index is 556. The molecule has 0 radical (unpaired) electrons. The Kier molecular flexibility index (Phi) is 3.01. The summed E-state index contributed by atoms with van der Waals surface area (Å²) in [6.07, 6.45) is 0. The maximum absolute atomic E-state index is 13.7. The number of carbonyl (C=O) groups is 1. The van der Waals surface area contributed by atoms with Gasteiger partial charge < -0.3 is 5.73 Å². The third-order valence-corrected chi connectivity index (χ3v) is 2.71. The summed E-state index contributed by atoms with van der Waals surface area (Å²) >= 11 is 1.15. The van der Waals surface area contributed by atoms with Gasteiger partial charge in [0.2, 0.25) is 5.13 Å². The Morgan fingerprint density at radius 2 is 2.29 bits per heavy atom. The van der Waals surface area contributed by atoms with Crippen LogP contribution in [-0.4, -0.2) is 16.1 Å². The van der Waals surface area contributed by atoms with E-state index >= 15 is 0 Å². The van der Waals surface area contributed by atoms with Gasteiger partial charge in [-0.3, -0.25) is 10.1 Å². The van der Waals surface area contributed by atoms with E-state index in [0.717, 1.165) is 11.3 Å². The standard InChI is InChI=1S/C10H9FN4OS/c1-5-2-6(12)3-7(8(5)11)9(16)14-10-15-13-4-17-10/h2-4H,12H2,1H3,(H,14,15,16). The molecule has 1 aromatic heterocycles. The van der Waals surface area contributed by atoms with E-state index in [-0.39, 0.29) is 5.56 Å². The van der Waals surface area contributed by atoms with Crippen molar-refractivity contribution in [2.45, 2.75) is 6.92 Å².